The van der Waals surface area contributed by atoms with Crippen molar-refractivity contribution in [2.75, 3.05) is 0 Å². The van der Waals surface area contributed by atoms with Crippen LogP contribution in [-0.2, 0) is 20.3 Å². The third-order valence-electron chi connectivity index (χ3n) is 6.69. The quantitative estimate of drug-likeness (QED) is 0.207. The molecule has 152 valence electrons. The summed E-state index contributed by atoms with van der Waals surface area (Å²) in [5.41, 5.74) is 0. The van der Waals surface area contributed by atoms with Crippen molar-refractivity contribution in [1.82, 2.24) is 0 Å². The van der Waals surface area contributed by atoms with E-state index in [0.29, 0.717) is 0 Å². The second-order valence-electron chi connectivity index (χ2n) is 8.77. The number of hydrogen-bond acceptors (Lipinski definition) is 0. The SMILES string of the molecule is CCCCCCC[CH2][Zr]([CH2]CCCCCCC)([C]1=CC=CC1)[C]1=CC=CC1. The van der Waals surface area contributed by atoms with Crippen molar-refractivity contribution in [2.24, 2.45) is 0 Å². The normalized spacial score (nSPS) is 16.2. The summed E-state index contributed by atoms with van der Waals surface area (Å²) in [6.45, 7) is 4.64. The van der Waals surface area contributed by atoms with Gasteiger partial charge in [0.05, 0.1) is 0 Å². The third-order valence-corrected chi connectivity index (χ3v) is 20.5. The summed E-state index contributed by atoms with van der Waals surface area (Å²) in [6, 6.07) is 0. The summed E-state index contributed by atoms with van der Waals surface area (Å²) in [5, 5.41) is 0. The Morgan fingerprint density at radius 2 is 1.00 bits per heavy atom. The van der Waals surface area contributed by atoms with E-state index >= 15 is 0 Å². The molecule has 0 unspecified atom stereocenters. The molecule has 0 aromatic carbocycles. The number of hydrogen-bond donors (Lipinski definition) is 0. The molecule has 0 spiro atoms. The summed E-state index contributed by atoms with van der Waals surface area (Å²) < 4.78 is 7.00. The molecule has 2 aliphatic carbocycles. The maximum atomic E-state index is 2.55. The van der Waals surface area contributed by atoms with Crippen molar-refractivity contribution in [1.29, 1.82) is 0 Å². The number of allylic oxidation sites excluding steroid dienone is 8. The van der Waals surface area contributed by atoms with Gasteiger partial charge in [-0.3, -0.25) is 0 Å². The zero-order valence-electron chi connectivity index (χ0n) is 18.3. The van der Waals surface area contributed by atoms with Crippen LogP contribution in [0.5, 0.6) is 0 Å². The molecule has 0 aromatic heterocycles. The molecular weight excluding hydrogens is 404 g/mol. The van der Waals surface area contributed by atoms with Crippen LogP contribution in [0.2, 0.25) is 8.26 Å². The summed E-state index contributed by atoms with van der Waals surface area (Å²) in [5.74, 6) is 0. The van der Waals surface area contributed by atoms with Gasteiger partial charge in [0.25, 0.3) is 0 Å². The van der Waals surface area contributed by atoms with Crippen LogP contribution >= 0.6 is 0 Å². The molecule has 0 aromatic rings. The molecule has 0 nitrogen and oxygen atoms in total. The first-order valence-corrected chi connectivity index (χ1v) is 18.0. The van der Waals surface area contributed by atoms with Crippen LogP contribution in [0.25, 0.3) is 0 Å². The van der Waals surface area contributed by atoms with Gasteiger partial charge in [0.2, 0.25) is 0 Å². The van der Waals surface area contributed by atoms with E-state index in [0.717, 1.165) is 0 Å². The molecule has 2 aliphatic rings. The zero-order chi connectivity index (χ0) is 19.2. The maximum absolute atomic E-state index is 2.55. The van der Waals surface area contributed by atoms with E-state index in [1.54, 1.807) is 8.26 Å². The van der Waals surface area contributed by atoms with E-state index in [1.807, 2.05) is 6.56 Å². The zero-order valence-corrected chi connectivity index (χ0v) is 20.7. The average Bonchev–Trinajstić information content (AvgIpc) is 3.40. The van der Waals surface area contributed by atoms with Gasteiger partial charge in [0.1, 0.15) is 0 Å². The van der Waals surface area contributed by atoms with E-state index in [9.17, 15) is 0 Å². The topological polar surface area (TPSA) is 0 Å². The van der Waals surface area contributed by atoms with Gasteiger partial charge in [-0.1, -0.05) is 0 Å². The van der Waals surface area contributed by atoms with Crippen molar-refractivity contribution in [2.45, 2.75) is 112 Å². The van der Waals surface area contributed by atoms with Crippen LogP contribution in [0.15, 0.2) is 43.0 Å². The van der Waals surface area contributed by atoms with Crippen molar-refractivity contribution in [3.63, 3.8) is 0 Å². The van der Waals surface area contributed by atoms with Crippen LogP contribution in [0.3, 0.4) is 0 Å². The number of rotatable bonds is 16. The molecule has 0 atom stereocenters. The Kier molecular flexibility index (Phi) is 11.9. The Balaban J connectivity index is 1.96. The molecule has 0 heterocycles. The van der Waals surface area contributed by atoms with Crippen LogP contribution in [0.4, 0.5) is 0 Å². The Morgan fingerprint density at radius 3 is 1.37 bits per heavy atom. The molecular formula is C26H44Zr. The Labute approximate surface area is 174 Å². The van der Waals surface area contributed by atoms with Gasteiger partial charge < -0.3 is 0 Å². The minimum atomic E-state index is -2.40. The van der Waals surface area contributed by atoms with E-state index in [2.05, 4.69) is 50.3 Å². The molecule has 0 aliphatic heterocycles. The van der Waals surface area contributed by atoms with E-state index in [1.165, 1.54) is 89.9 Å². The molecule has 27 heavy (non-hydrogen) atoms. The molecule has 1 heteroatoms. The van der Waals surface area contributed by atoms with Crippen molar-refractivity contribution in [3.8, 4) is 0 Å². The summed E-state index contributed by atoms with van der Waals surface area (Å²) in [7, 11) is 0. The van der Waals surface area contributed by atoms with Gasteiger partial charge in [0.15, 0.2) is 0 Å². The fraction of sp³-hybridized carbons (Fsp3) is 0.692. The van der Waals surface area contributed by atoms with Gasteiger partial charge in [-0.25, -0.2) is 0 Å². The Bertz CT molecular complexity index is 472. The molecule has 0 amide bonds. The third kappa shape index (κ3) is 7.64. The molecule has 0 fully saturated rings. The average molecular weight is 448 g/mol. The second-order valence-corrected chi connectivity index (χ2v) is 19.7. The van der Waals surface area contributed by atoms with Gasteiger partial charge in [-0.15, -0.1) is 0 Å². The Hall–Kier alpha value is -0.157. The second kappa shape index (κ2) is 13.9. The summed E-state index contributed by atoms with van der Waals surface area (Å²) in [4.78, 5) is 0. The van der Waals surface area contributed by atoms with Crippen LogP contribution in [0, 0.1) is 0 Å². The van der Waals surface area contributed by atoms with E-state index < -0.39 is 20.3 Å². The summed E-state index contributed by atoms with van der Waals surface area (Å²) in [6.07, 6.45) is 34.5. The van der Waals surface area contributed by atoms with E-state index in [4.69, 9.17) is 0 Å². The molecule has 0 bridgehead atoms. The first kappa shape index (κ1) is 23.1. The van der Waals surface area contributed by atoms with Crippen molar-refractivity contribution < 1.29 is 20.3 Å². The molecule has 0 saturated carbocycles. The molecule has 0 N–H and O–H groups in total. The van der Waals surface area contributed by atoms with Crippen LogP contribution < -0.4 is 0 Å². The fourth-order valence-corrected chi connectivity index (χ4v) is 18.5. The van der Waals surface area contributed by atoms with Crippen LogP contribution in [-0.4, -0.2) is 0 Å². The molecule has 0 saturated heterocycles. The summed E-state index contributed by atoms with van der Waals surface area (Å²) >= 11 is -2.40. The predicted octanol–water partition coefficient (Wildman–Crippen LogP) is 9.39. The van der Waals surface area contributed by atoms with Crippen molar-refractivity contribution in [3.05, 3.63) is 43.0 Å². The van der Waals surface area contributed by atoms with Gasteiger partial charge in [-0.05, 0) is 0 Å². The van der Waals surface area contributed by atoms with E-state index in [-0.39, 0.29) is 0 Å². The predicted molar refractivity (Wildman–Crippen MR) is 120 cm³/mol. The van der Waals surface area contributed by atoms with Gasteiger partial charge in [-0.2, -0.15) is 0 Å². The molecule has 2 rings (SSSR count). The molecule has 0 radical (unpaired) electrons. The standard InChI is InChI=1S/2C8H17.2C5H5.Zr/c2*1-3-5-7-8-6-4-2;2*1-2-4-5-3-1;/h2*1,3-8H2,2H3;2*1-3H,4H2;. The van der Waals surface area contributed by atoms with Crippen LogP contribution in [0.1, 0.15) is 104 Å². The Morgan fingerprint density at radius 1 is 0.593 bits per heavy atom. The van der Waals surface area contributed by atoms with Crippen molar-refractivity contribution >= 4 is 0 Å². The monoisotopic (exact) mass is 446 g/mol. The fourth-order valence-electron chi connectivity index (χ4n) is 4.99. The number of unbranched alkanes of at least 4 members (excludes halogenated alkanes) is 10. The van der Waals surface area contributed by atoms with Gasteiger partial charge >= 0.3 is 175 Å². The van der Waals surface area contributed by atoms with Gasteiger partial charge in [0, 0.05) is 0 Å². The first-order chi connectivity index (χ1) is 13.3. The first-order valence-electron chi connectivity index (χ1n) is 12.1. The minimum absolute atomic E-state index is 1.28.